The number of hydrogen-bond donors (Lipinski definition) is 1. The van der Waals surface area contributed by atoms with Crippen LogP contribution in [0.1, 0.15) is 24.8 Å². The molecule has 1 aromatic rings. The van der Waals surface area contributed by atoms with Crippen LogP contribution >= 0.6 is 0 Å². The van der Waals surface area contributed by atoms with Crippen molar-refractivity contribution in [2.45, 2.75) is 19.3 Å². The van der Waals surface area contributed by atoms with Gasteiger partial charge in [-0.3, -0.25) is 0 Å². The van der Waals surface area contributed by atoms with E-state index >= 15 is 0 Å². The average molecular weight is 308 g/mol. The summed E-state index contributed by atoms with van der Waals surface area (Å²) in [6.45, 7) is 2.27. The maximum atomic E-state index is 12.3. The smallest absolute Gasteiger partial charge is 0.236 e. The van der Waals surface area contributed by atoms with Crippen molar-refractivity contribution in [1.29, 1.82) is 0 Å². The highest BCUT2D eigenvalue weighted by atomic mass is 32.2. The van der Waals surface area contributed by atoms with Crippen LogP contribution in [0.15, 0.2) is 35.7 Å². The van der Waals surface area contributed by atoms with Gasteiger partial charge >= 0.3 is 0 Å². The zero-order valence-corrected chi connectivity index (χ0v) is 13.3. The van der Waals surface area contributed by atoms with Crippen LogP contribution in [0, 0.1) is 5.92 Å². The Bertz CT molecular complexity index is 547. The SMILES string of the molecule is CNCCC1CCN(S(=O)(=O)C=Cc2ccccc2)CC1. The summed E-state index contributed by atoms with van der Waals surface area (Å²) in [5.41, 5.74) is 0.907. The molecule has 0 bridgehead atoms. The summed E-state index contributed by atoms with van der Waals surface area (Å²) in [6, 6.07) is 9.52. The highest BCUT2D eigenvalue weighted by molar-refractivity contribution is 7.92. The van der Waals surface area contributed by atoms with E-state index in [-0.39, 0.29) is 0 Å². The van der Waals surface area contributed by atoms with Gasteiger partial charge in [0.05, 0.1) is 0 Å². The normalized spacial score (nSPS) is 18.3. The quantitative estimate of drug-likeness (QED) is 0.877. The number of sulfonamides is 1. The van der Waals surface area contributed by atoms with E-state index in [1.54, 1.807) is 10.4 Å². The summed E-state index contributed by atoms with van der Waals surface area (Å²) in [7, 11) is -1.34. The van der Waals surface area contributed by atoms with Gasteiger partial charge in [0, 0.05) is 18.5 Å². The average Bonchev–Trinajstić information content (AvgIpc) is 2.52. The van der Waals surface area contributed by atoms with Gasteiger partial charge in [0.2, 0.25) is 10.0 Å². The number of nitrogens with zero attached hydrogens (tertiary/aromatic N) is 1. The van der Waals surface area contributed by atoms with Crippen LogP contribution in [-0.4, -0.2) is 39.4 Å². The second kappa shape index (κ2) is 7.73. The Labute approximate surface area is 127 Å². The summed E-state index contributed by atoms with van der Waals surface area (Å²) in [5.74, 6) is 0.641. The van der Waals surface area contributed by atoms with Crippen molar-refractivity contribution in [1.82, 2.24) is 9.62 Å². The van der Waals surface area contributed by atoms with Gasteiger partial charge in [-0.25, -0.2) is 8.42 Å². The molecule has 1 N–H and O–H groups in total. The van der Waals surface area contributed by atoms with E-state index in [1.165, 1.54) is 5.41 Å². The van der Waals surface area contributed by atoms with Crippen LogP contribution in [0.5, 0.6) is 0 Å². The van der Waals surface area contributed by atoms with Crippen molar-refractivity contribution in [3.63, 3.8) is 0 Å². The number of rotatable bonds is 6. The summed E-state index contributed by atoms with van der Waals surface area (Å²) < 4.78 is 26.2. The zero-order valence-electron chi connectivity index (χ0n) is 12.5. The third-order valence-electron chi connectivity index (χ3n) is 3.97. The Morgan fingerprint density at radius 3 is 2.52 bits per heavy atom. The number of piperidine rings is 1. The van der Waals surface area contributed by atoms with Crippen molar-refractivity contribution in [2.24, 2.45) is 5.92 Å². The maximum absolute atomic E-state index is 12.3. The Kier molecular flexibility index (Phi) is 5.96. The first-order valence-corrected chi connectivity index (χ1v) is 9.00. The molecule has 0 aliphatic carbocycles. The Hall–Kier alpha value is -1.17. The van der Waals surface area contributed by atoms with Gasteiger partial charge < -0.3 is 5.32 Å². The lowest BCUT2D eigenvalue weighted by Crippen LogP contribution is -2.37. The molecule has 0 saturated carbocycles. The second-order valence-electron chi connectivity index (χ2n) is 5.49. The Morgan fingerprint density at radius 1 is 1.24 bits per heavy atom. The van der Waals surface area contributed by atoms with E-state index in [2.05, 4.69) is 5.32 Å². The summed E-state index contributed by atoms with van der Waals surface area (Å²) in [5, 5.41) is 4.48. The first-order chi connectivity index (χ1) is 10.1. The minimum absolute atomic E-state index is 0.635. The minimum Gasteiger partial charge on any atom is -0.320 e. The lowest BCUT2D eigenvalue weighted by Gasteiger charge is -2.30. The molecule has 0 radical (unpaired) electrons. The lowest BCUT2D eigenvalue weighted by molar-refractivity contribution is 0.265. The van der Waals surface area contributed by atoms with E-state index in [0.29, 0.717) is 19.0 Å². The summed E-state index contributed by atoms with van der Waals surface area (Å²) in [4.78, 5) is 0. The predicted molar refractivity (Wildman–Crippen MR) is 87.2 cm³/mol. The van der Waals surface area contributed by atoms with Gasteiger partial charge in [-0.1, -0.05) is 30.3 Å². The largest absolute Gasteiger partial charge is 0.320 e. The molecule has 0 unspecified atom stereocenters. The molecular weight excluding hydrogens is 284 g/mol. The predicted octanol–water partition coefficient (Wildman–Crippen LogP) is 2.31. The molecule has 0 aromatic heterocycles. The highest BCUT2D eigenvalue weighted by Gasteiger charge is 2.25. The van der Waals surface area contributed by atoms with Crippen LogP contribution in [0.25, 0.3) is 6.08 Å². The van der Waals surface area contributed by atoms with Crippen LogP contribution in [0.4, 0.5) is 0 Å². The lowest BCUT2D eigenvalue weighted by atomic mass is 9.95. The fourth-order valence-corrected chi connectivity index (χ4v) is 3.84. The Morgan fingerprint density at radius 2 is 1.90 bits per heavy atom. The van der Waals surface area contributed by atoms with Crippen molar-refractivity contribution < 1.29 is 8.42 Å². The molecule has 1 aromatic carbocycles. The molecule has 0 atom stereocenters. The first kappa shape index (κ1) is 16.2. The van der Waals surface area contributed by atoms with E-state index in [0.717, 1.165) is 31.4 Å². The molecule has 1 aliphatic rings. The van der Waals surface area contributed by atoms with Gasteiger partial charge in [0.1, 0.15) is 0 Å². The third-order valence-corrected chi connectivity index (χ3v) is 5.53. The van der Waals surface area contributed by atoms with Crippen LogP contribution in [-0.2, 0) is 10.0 Å². The molecule has 0 spiro atoms. The molecule has 2 rings (SSSR count). The molecule has 1 fully saturated rings. The first-order valence-electron chi connectivity index (χ1n) is 7.50. The topological polar surface area (TPSA) is 49.4 Å². The van der Waals surface area contributed by atoms with Gasteiger partial charge in [0.25, 0.3) is 0 Å². The third kappa shape index (κ3) is 4.95. The van der Waals surface area contributed by atoms with Crippen molar-refractivity contribution in [2.75, 3.05) is 26.7 Å². The number of hydrogen-bond acceptors (Lipinski definition) is 3. The highest BCUT2D eigenvalue weighted by Crippen LogP contribution is 2.22. The van der Waals surface area contributed by atoms with Crippen molar-refractivity contribution in [3.05, 3.63) is 41.3 Å². The molecule has 116 valence electrons. The number of nitrogens with one attached hydrogen (secondary N) is 1. The van der Waals surface area contributed by atoms with Crippen LogP contribution in [0.2, 0.25) is 0 Å². The van der Waals surface area contributed by atoms with Gasteiger partial charge in [-0.05, 0) is 50.4 Å². The maximum Gasteiger partial charge on any atom is 0.236 e. The summed E-state index contributed by atoms with van der Waals surface area (Å²) in [6.07, 6.45) is 4.72. The van der Waals surface area contributed by atoms with Crippen LogP contribution in [0.3, 0.4) is 0 Å². The fourth-order valence-electron chi connectivity index (χ4n) is 2.62. The molecule has 21 heavy (non-hydrogen) atoms. The van der Waals surface area contributed by atoms with Crippen molar-refractivity contribution >= 4 is 16.1 Å². The zero-order chi connectivity index (χ0) is 15.1. The molecular formula is C16H24N2O2S. The molecule has 1 aliphatic heterocycles. The molecule has 0 amide bonds. The summed E-state index contributed by atoms with van der Waals surface area (Å²) >= 11 is 0. The van der Waals surface area contributed by atoms with E-state index in [4.69, 9.17) is 0 Å². The second-order valence-corrected chi connectivity index (χ2v) is 7.31. The standard InChI is InChI=1S/C16H24N2O2S/c1-17-11-7-16-8-12-18(13-9-16)21(19,20)14-10-15-5-3-2-4-6-15/h2-6,10,14,16-17H,7-9,11-13H2,1H3. The van der Waals surface area contributed by atoms with Crippen molar-refractivity contribution in [3.8, 4) is 0 Å². The molecule has 1 saturated heterocycles. The van der Waals surface area contributed by atoms with E-state index < -0.39 is 10.0 Å². The molecule has 5 heteroatoms. The monoisotopic (exact) mass is 308 g/mol. The minimum atomic E-state index is -3.29. The number of benzene rings is 1. The van der Waals surface area contributed by atoms with E-state index in [9.17, 15) is 8.42 Å². The van der Waals surface area contributed by atoms with Crippen LogP contribution < -0.4 is 5.32 Å². The molecule has 1 heterocycles. The van der Waals surface area contributed by atoms with E-state index in [1.807, 2.05) is 37.4 Å². The Balaban J connectivity index is 1.91. The fraction of sp³-hybridized carbons (Fsp3) is 0.500. The van der Waals surface area contributed by atoms with Gasteiger partial charge in [0.15, 0.2) is 0 Å². The van der Waals surface area contributed by atoms with Gasteiger partial charge in [-0.2, -0.15) is 4.31 Å². The van der Waals surface area contributed by atoms with Gasteiger partial charge in [-0.15, -0.1) is 0 Å². The molecule has 4 nitrogen and oxygen atoms in total.